The van der Waals surface area contributed by atoms with Crippen LogP contribution >= 0.6 is 0 Å². The van der Waals surface area contributed by atoms with Crippen LogP contribution in [0.3, 0.4) is 0 Å². The van der Waals surface area contributed by atoms with Crippen molar-refractivity contribution in [3.8, 4) is 23.2 Å². The fourth-order valence-electron chi connectivity index (χ4n) is 8.15. The summed E-state index contributed by atoms with van der Waals surface area (Å²) >= 11 is 0. The first-order chi connectivity index (χ1) is 28.2. The fraction of sp³-hybridized carbons (Fsp3) is 0.318. The number of imide groups is 1. The van der Waals surface area contributed by atoms with Gasteiger partial charge in [-0.1, -0.05) is 11.8 Å². The second-order valence-corrected chi connectivity index (χ2v) is 15.0. The average Bonchev–Trinajstić information content (AvgIpc) is 3.67. The Morgan fingerprint density at radius 3 is 2.64 bits per heavy atom. The van der Waals surface area contributed by atoms with E-state index >= 15 is 0 Å². The standard InChI is InChI=1S/C44H40N8O6/c1-25-19-31-36(21-35(27-13-17-57-18-14-27)49-41(31)51(2)44(25)56)52-16-4-6-33-37(52)23-47-40(48-33)28-8-10-34(46-22-28)43(55)45-15-3-5-26-7-11-38-30(20-26)32(24-58-38)29-9-12-39(53)50-42(29)54/h7-8,10-11,19-24,27,29H,4,6,9,12-18H2,1-2H3,(H,45,55)(H,50,53,54). The third kappa shape index (κ3) is 6.98. The Balaban J connectivity index is 0.900. The Hall–Kier alpha value is -6.72. The molecule has 6 aromatic rings. The lowest BCUT2D eigenvalue weighted by Crippen LogP contribution is -2.39. The monoisotopic (exact) mass is 776 g/mol. The SMILES string of the molecule is Cc1cc2c(N3CCCc4nc(-c5ccc(C(=O)NCC#Cc6ccc7occ(C8CCC(=O)NC8=O)c7c6)nc5)ncc43)cc(C3CCOCC3)nc2n(C)c1=O. The molecule has 3 aliphatic rings. The first-order valence-electron chi connectivity index (χ1n) is 19.5. The quantitative estimate of drug-likeness (QED) is 0.170. The molecule has 9 rings (SSSR count). The van der Waals surface area contributed by atoms with E-state index in [2.05, 4.69) is 38.4 Å². The molecule has 14 heteroatoms. The zero-order chi connectivity index (χ0) is 39.9. The van der Waals surface area contributed by atoms with Crippen LogP contribution in [0.4, 0.5) is 11.4 Å². The summed E-state index contributed by atoms with van der Waals surface area (Å²) in [5.74, 6) is 5.36. The minimum absolute atomic E-state index is 0.0581. The number of nitrogens with one attached hydrogen (secondary N) is 2. The van der Waals surface area contributed by atoms with E-state index in [0.29, 0.717) is 53.4 Å². The van der Waals surface area contributed by atoms with Crippen molar-refractivity contribution in [3.05, 3.63) is 105 Å². The Morgan fingerprint density at radius 2 is 1.83 bits per heavy atom. The highest BCUT2D eigenvalue weighted by Gasteiger charge is 2.31. The van der Waals surface area contributed by atoms with Crippen LogP contribution in [0.15, 0.2) is 70.3 Å². The van der Waals surface area contributed by atoms with Crippen molar-refractivity contribution in [2.45, 2.75) is 57.3 Å². The number of hydrogen-bond acceptors (Lipinski definition) is 11. The van der Waals surface area contributed by atoms with Gasteiger partial charge < -0.3 is 19.4 Å². The van der Waals surface area contributed by atoms with Crippen LogP contribution in [-0.2, 0) is 27.8 Å². The summed E-state index contributed by atoms with van der Waals surface area (Å²) in [6, 6.07) is 13.0. The van der Waals surface area contributed by atoms with Crippen LogP contribution in [0.2, 0.25) is 0 Å². The molecule has 0 aliphatic carbocycles. The third-order valence-corrected chi connectivity index (χ3v) is 11.3. The normalized spacial score (nSPS) is 17.1. The molecule has 3 amide bonds. The lowest BCUT2D eigenvalue weighted by atomic mass is 9.90. The number of benzene rings is 1. The third-order valence-electron chi connectivity index (χ3n) is 11.3. The average molecular weight is 777 g/mol. The van der Waals surface area contributed by atoms with Crippen molar-refractivity contribution in [2.75, 3.05) is 31.2 Å². The molecule has 5 aromatic heterocycles. The Labute approximate surface area is 333 Å². The van der Waals surface area contributed by atoms with Crippen molar-refractivity contribution in [1.29, 1.82) is 0 Å². The molecule has 58 heavy (non-hydrogen) atoms. The van der Waals surface area contributed by atoms with Crippen molar-refractivity contribution in [3.63, 3.8) is 0 Å². The molecule has 2 saturated heterocycles. The number of amides is 3. The van der Waals surface area contributed by atoms with Gasteiger partial charge in [0.2, 0.25) is 11.8 Å². The van der Waals surface area contributed by atoms with Crippen LogP contribution < -0.4 is 21.1 Å². The van der Waals surface area contributed by atoms with Crippen molar-refractivity contribution in [2.24, 2.45) is 7.05 Å². The predicted molar refractivity (Wildman–Crippen MR) is 216 cm³/mol. The maximum Gasteiger partial charge on any atom is 0.270 e. The lowest BCUT2D eigenvalue weighted by molar-refractivity contribution is -0.134. The smallest absolute Gasteiger partial charge is 0.270 e. The van der Waals surface area contributed by atoms with Gasteiger partial charge in [-0.2, -0.15) is 0 Å². The zero-order valence-corrected chi connectivity index (χ0v) is 32.1. The van der Waals surface area contributed by atoms with Crippen molar-refractivity contribution < 1.29 is 23.5 Å². The van der Waals surface area contributed by atoms with Crippen LogP contribution in [0.25, 0.3) is 33.4 Å². The molecular weight excluding hydrogens is 737 g/mol. The predicted octanol–water partition coefficient (Wildman–Crippen LogP) is 5.12. The van der Waals surface area contributed by atoms with E-state index in [-0.39, 0.29) is 47.9 Å². The van der Waals surface area contributed by atoms with E-state index in [9.17, 15) is 19.2 Å². The summed E-state index contributed by atoms with van der Waals surface area (Å²) in [5.41, 5.74) is 8.00. The molecule has 0 bridgehead atoms. The van der Waals surface area contributed by atoms with Gasteiger partial charge in [-0.3, -0.25) is 34.0 Å². The van der Waals surface area contributed by atoms with Gasteiger partial charge in [-0.25, -0.2) is 15.0 Å². The molecule has 2 N–H and O–H groups in total. The number of carbonyl (C=O) groups is 3. The molecular formula is C44H40N8O6. The highest BCUT2D eigenvalue weighted by Crippen LogP contribution is 2.39. The molecule has 1 aromatic carbocycles. The van der Waals surface area contributed by atoms with Gasteiger partial charge in [0.15, 0.2) is 5.82 Å². The number of carbonyl (C=O) groups excluding carboxylic acids is 3. The summed E-state index contributed by atoms with van der Waals surface area (Å²) in [5, 5.41) is 6.87. The highest BCUT2D eigenvalue weighted by atomic mass is 16.5. The molecule has 1 unspecified atom stereocenters. The number of pyridine rings is 3. The molecule has 292 valence electrons. The van der Waals surface area contributed by atoms with Gasteiger partial charge in [0.1, 0.15) is 16.9 Å². The molecule has 14 nitrogen and oxygen atoms in total. The number of nitrogens with zero attached hydrogens (tertiary/aromatic N) is 6. The van der Waals surface area contributed by atoms with Gasteiger partial charge >= 0.3 is 0 Å². The molecule has 2 fully saturated rings. The maximum absolute atomic E-state index is 13.0. The summed E-state index contributed by atoms with van der Waals surface area (Å²) in [7, 11) is 1.78. The maximum atomic E-state index is 13.0. The molecule has 8 heterocycles. The molecule has 0 spiro atoms. The van der Waals surface area contributed by atoms with E-state index in [1.807, 2.05) is 31.3 Å². The zero-order valence-electron chi connectivity index (χ0n) is 32.1. The number of hydrogen-bond donors (Lipinski definition) is 2. The van der Waals surface area contributed by atoms with E-state index in [0.717, 1.165) is 71.3 Å². The molecule has 0 radical (unpaired) electrons. The molecule has 3 aliphatic heterocycles. The summed E-state index contributed by atoms with van der Waals surface area (Å²) in [6.45, 7) is 4.08. The Kier molecular flexibility index (Phi) is 9.74. The van der Waals surface area contributed by atoms with Crippen LogP contribution in [-0.4, -0.2) is 68.5 Å². The summed E-state index contributed by atoms with van der Waals surface area (Å²) in [4.78, 5) is 71.5. The van der Waals surface area contributed by atoms with Gasteiger partial charge in [0.25, 0.3) is 11.5 Å². The van der Waals surface area contributed by atoms with Gasteiger partial charge in [-0.05, 0) is 81.5 Å². The number of rotatable bonds is 6. The molecule has 0 saturated carbocycles. The minimum atomic E-state index is -0.469. The van der Waals surface area contributed by atoms with E-state index in [4.69, 9.17) is 24.1 Å². The van der Waals surface area contributed by atoms with Crippen LogP contribution in [0, 0.1) is 18.8 Å². The number of aryl methyl sites for hydroxylation is 3. The topological polar surface area (TPSA) is 174 Å². The number of anilines is 2. The van der Waals surface area contributed by atoms with Crippen molar-refractivity contribution in [1.82, 2.24) is 35.1 Å². The number of piperidine rings is 1. The molecule has 1 atom stereocenters. The summed E-state index contributed by atoms with van der Waals surface area (Å²) in [6.07, 6.45) is 9.13. The fourth-order valence-corrected chi connectivity index (χ4v) is 8.15. The second kappa shape index (κ2) is 15.3. The van der Waals surface area contributed by atoms with E-state index < -0.39 is 5.92 Å². The van der Waals surface area contributed by atoms with Crippen molar-refractivity contribution >= 4 is 51.1 Å². The van der Waals surface area contributed by atoms with E-state index in [1.165, 1.54) is 0 Å². The van der Waals surface area contributed by atoms with Gasteiger partial charge in [0.05, 0.1) is 42.0 Å². The lowest BCUT2D eigenvalue weighted by Gasteiger charge is -2.32. The number of ether oxygens (including phenoxy) is 1. The first-order valence-corrected chi connectivity index (χ1v) is 19.5. The number of fused-ring (bicyclic) bond motifs is 3. The Bertz CT molecular complexity index is 2760. The largest absolute Gasteiger partial charge is 0.464 e. The van der Waals surface area contributed by atoms with Crippen LogP contribution in [0.1, 0.15) is 82.5 Å². The van der Waals surface area contributed by atoms with Crippen LogP contribution in [0.5, 0.6) is 0 Å². The second-order valence-electron chi connectivity index (χ2n) is 15.0. The van der Waals surface area contributed by atoms with Gasteiger partial charge in [0, 0.05) is 84.1 Å². The first kappa shape index (κ1) is 36.9. The number of furan rings is 1. The number of aromatic nitrogens is 5. The Morgan fingerprint density at radius 1 is 0.966 bits per heavy atom. The summed E-state index contributed by atoms with van der Waals surface area (Å²) < 4.78 is 12.9. The van der Waals surface area contributed by atoms with Gasteiger partial charge in [-0.15, -0.1) is 0 Å². The minimum Gasteiger partial charge on any atom is -0.464 e. The van der Waals surface area contributed by atoms with E-state index in [1.54, 1.807) is 42.3 Å². The highest BCUT2D eigenvalue weighted by molar-refractivity contribution is 6.03.